The Morgan fingerprint density at radius 2 is 2.18 bits per heavy atom. The summed E-state index contributed by atoms with van der Waals surface area (Å²) >= 11 is 1.56. The molecular weight excluding hydrogens is 242 g/mol. The molecule has 5 heteroatoms. The lowest BCUT2D eigenvalue weighted by atomic mass is 10.2. The van der Waals surface area contributed by atoms with Crippen LogP contribution in [0.2, 0.25) is 0 Å². The molecule has 90 valence electrons. The quantitative estimate of drug-likeness (QED) is 0.830. The summed E-state index contributed by atoms with van der Waals surface area (Å²) in [7, 11) is 0. The zero-order valence-corrected chi connectivity index (χ0v) is 9.94. The normalized spacial score (nSPS) is 10.7. The van der Waals surface area contributed by atoms with Gasteiger partial charge in [0.15, 0.2) is 0 Å². The van der Waals surface area contributed by atoms with E-state index >= 15 is 0 Å². The monoisotopic (exact) mass is 254 g/mol. The van der Waals surface area contributed by atoms with Crippen molar-refractivity contribution in [1.29, 1.82) is 0 Å². The van der Waals surface area contributed by atoms with Gasteiger partial charge in [-0.05, 0) is 6.07 Å². The largest absolute Gasteiger partial charge is 0.312 e. The molecule has 1 aromatic carbocycles. The fourth-order valence-corrected chi connectivity index (χ4v) is 2.06. The molecule has 0 spiro atoms. The minimum absolute atomic E-state index is 0.399. The zero-order valence-electron chi connectivity index (χ0n) is 9.12. The Morgan fingerprint density at radius 1 is 1.29 bits per heavy atom. The highest BCUT2D eigenvalue weighted by molar-refractivity contribution is 7.07. The maximum atomic E-state index is 13.3. The lowest BCUT2D eigenvalue weighted by Gasteiger charge is -2.05. The molecule has 1 N–H and O–H groups in total. The van der Waals surface area contributed by atoms with Crippen LogP contribution in [-0.4, -0.2) is 11.5 Å². The molecular formula is C12H12F2N2S. The number of thiazole rings is 1. The molecule has 0 fully saturated rings. The average molecular weight is 254 g/mol. The van der Waals surface area contributed by atoms with Gasteiger partial charge in [-0.3, -0.25) is 0 Å². The van der Waals surface area contributed by atoms with E-state index in [-0.39, 0.29) is 0 Å². The summed E-state index contributed by atoms with van der Waals surface area (Å²) in [4.78, 5) is 4.14. The molecule has 0 aliphatic heterocycles. The number of nitrogens with zero attached hydrogens (tertiary/aromatic N) is 1. The first-order valence-electron chi connectivity index (χ1n) is 5.27. The van der Waals surface area contributed by atoms with Crippen molar-refractivity contribution in [1.82, 2.24) is 10.3 Å². The second kappa shape index (κ2) is 5.84. The molecule has 1 aromatic heterocycles. The fourth-order valence-electron chi connectivity index (χ4n) is 1.47. The lowest BCUT2D eigenvalue weighted by Crippen LogP contribution is -2.17. The number of rotatable bonds is 5. The number of aromatic nitrogens is 1. The predicted octanol–water partition coefficient (Wildman–Crippen LogP) is 2.75. The molecule has 1 heterocycles. The molecule has 2 rings (SSSR count). The highest BCUT2D eigenvalue weighted by Gasteiger charge is 2.03. The van der Waals surface area contributed by atoms with Crippen molar-refractivity contribution in [2.75, 3.05) is 6.54 Å². The van der Waals surface area contributed by atoms with Crippen LogP contribution in [0.1, 0.15) is 11.3 Å². The summed E-state index contributed by atoms with van der Waals surface area (Å²) in [5.74, 6) is -1.06. The summed E-state index contributed by atoms with van der Waals surface area (Å²) in [5.41, 5.74) is 3.29. The van der Waals surface area contributed by atoms with Crippen LogP contribution in [0.5, 0.6) is 0 Å². The van der Waals surface area contributed by atoms with Crippen LogP contribution in [0.3, 0.4) is 0 Å². The first-order valence-corrected chi connectivity index (χ1v) is 6.21. The SMILES string of the molecule is Fc1ccc(CNCCc2cscn2)c(F)c1. The summed E-state index contributed by atoms with van der Waals surface area (Å²) in [6.07, 6.45) is 0.812. The number of nitrogens with one attached hydrogen (secondary N) is 1. The van der Waals surface area contributed by atoms with Crippen LogP contribution in [0.25, 0.3) is 0 Å². The number of hydrogen-bond acceptors (Lipinski definition) is 3. The van der Waals surface area contributed by atoms with Gasteiger partial charge in [0, 0.05) is 36.5 Å². The third kappa shape index (κ3) is 3.57. The van der Waals surface area contributed by atoms with Crippen molar-refractivity contribution in [2.45, 2.75) is 13.0 Å². The van der Waals surface area contributed by atoms with Gasteiger partial charge in [-0.15, -0.1) is 11.3 Å². The van der Waals surface area contributed by atoms with E-state index in [2.05, 4.69) is 10.3 Å². The molecule has 0 unspecified atom stereocenters. The number of hydrogen-bond donors (Lipinski definition) is 1. The predicted molar refractivity (Wildman–Crippen MR) is 63.9 cm³/mol. The van der Waals surface area contributed by atoms with E-state index in [4.69, 9.17) is 0 Å². The second-order valence-corrected chi connectivity index (χ2v) is 4.36. The molecule has 0 saturated heterocycles. The first kappa shape index (κ1) is 12.1. The van der Waals surface area contributed by atoms with Crippen LogP contribution in [0.4, 0.5) is 8.78 Å². The van der Waals surface area contributed by atoms with Crippen LogP contribution in [-0.2, 0) is 13.0 Å². The minimum Gasteiger partial charge on any atom is -0.312 e. The molecule has 0 amide bonds. The Bertz CT molecular complexity index is 471. The van der Waals surface area contributed by atoms with E-state index in [9.17, 15) is 8.78 Å². The standard InChI is InChI=1S/C12H12F2N2S/c13-10-2-1-9(12(14)5-10)6-15-4-3-11-7-17-8-16-11/h1-2,5,7-8,15H,3-4,6H2. The Morgan fingerprint density at radius 3 is 2.88 bits per heavy atom. The molecule has 17 heavy (non-hydrogen) atoms. The van der Waals surface area contributed by atoms with E-state index in [0.717, 1.165) is 24.7 Å². The Kier molecular flexibility index (Phi) is 4.17. The van der Waals surface area contributed by atoms with Crippen molar-refractivity contribution in [3.05, 3.63) is 52.0 Å². The first-order chi connectivity index (χ1) is 8.25. The fraction of sp³-hybridized carbons (Fsp3) is 0.250. The van der Waals surface area contributed by atoms with Crippen molar-refractivity contribution >= 4 is 11.3 Å². The van der Waals surface area contributed by atoms with Gasteiger partial charge >= 0.3 is 0 Å². The molecule has 0 atom stereocenters. The van der Waals surface area contributed by atoms with Gasteiger partial charge < -0.3 is 5.32 Å². The van der Waals surface area contributed by atoms with Crippen LogP contribution in [0.15, 0.2) is 29.1 Å². The van der Waals surface area contributed by atoms with Crippen molar-refractivity contribution in [3.63, 3.8) is 0 Å². The third-order valence-electron chi connectivity index (χ3n) is 2.37. The summed E-state index contributed by atoms with van der Waals surface area (Å²) in [6.45, 7) is 1.12. The van der Waals surface area contributed by atoms with Gasteiger partial charge in [0.25, 0.3) is 0 Å². The summed E-state index contributed by atoms with van der Waals surface area (Å²) < 4.78 is 25.9. The van der Waals surface area contributed by atoms with Gasteiger partial charge in [0.05, 0.1) is 11.2 Å². The summed E-state index contributed by atoms with van der Waals surface area (Å²) in [5, 5.41) is 5.09. The van der Waals surface area contributed by atoms with E-state index < -0.39 is 11.6 Å². The van der Waals surface area contributed by atoms with Crippen molar-refractivity contribution in [2.24, 2.45) is 0 Å². The van der Waals surface area contributed by atoms with Crippen molar-refractivity contribution < 1.29 is 8.78 Å². The lowest BCUT2D eigenvalue weighted by molar-refractivity contribution is 0.560. The van der Waals surface area contributed by atoms with E-state index in [1.807, 2.05) is 5.38 Å². The second-order valence-electron chi connectivity index (χ2n) is 3.64. The molecule has 0 bridgehead atoms. The van der Waals surface area contributed by atoms with Crippen LogP contribution in [0, 0.1) is 11.6 Å². The molecule has 2 nitrogen and oxygen atoms in total. The smallest absolute Gasteiger partial charge is 0.130 e. The molecule has 0 aliphatic carbocycles. The number of halogens is 2. The van der Waals surface area contributed by atoms with Crippen LogP contribution < -0.4 is 5.32 Å². The minimum atomic E-state index is -0.547. The molecule has 0 radical (unpaired) electrons. The Hall–Kier alpha value is -1.33. The highest BCUT2D eigenvalue weighted by Crippen LogP contribution is 2.09. The Labute approximate surface area is 102 Å². The highest BCUT2D eigenvalue weighted by atomic mass is 32.1. The Balaban J connectivity index is 1.78. The molecule has 0 saturated carbocycles. The van der Waals surface area contributed by atoms with Gasteiger partial charge in [0.1, 0.15) is 11.6 Å². The molecule has 2 aromatic rings. The van der Waals surface area contributed by atoms with E-state index in [1.54, 1.807) is 16.8 Å². The van der Waals surface area contributed by atoms with E-state index in [1.165, 1.54) is 12.1 Å². The summed E-state index contributed by atoms with van der Waals surface area (Å²) in [6, 6.07) is 3.62. The third-order valence-corrected chi connectivity index (χ3v) is 3.01. The molecule has 0 aliphatic rings. The average Bonchev–Trinajstić information content (AvgIpc) is 2.79. The van der Waals surface area contributed by atoms with Gasteiger partial charge in [0.2, 0.25) is 0 Å². The zero-order chi connectivity index (χ0) is 12.1. The van der Waals surface area contributed by atoms with Crippen molar-refractivity contribution in [3.8, 4) is 0 Å². The van der Waals surface area contributed by atoms with Gasteiger partial charge in [-0.1, -0.05) is 6.07 Å². The maximum absolute atomic E-state index is 13.3. The van der Waals surface area contributed by atoms with E-state index in [0.29, 0.717) is 12.1 Å². The topological polar surface area (TPSA) is 24.9 Å². The van der Waals surface area contributed by atoms with Gasteiger partial charge in [-0.2, -0.15) is 0 Å². The number of benzene rings is 1. The van der Waals surface area contributed by atoms with Gasteiger partial charge in [-0.25, -0.2) is 13.8 Å². The maximum Gasteiger partial charge on any atom is 0.130 e. The van der Waals surface area contributed by atoms with Crippen LogP contribution >= 0.6 is 11.3 Å².